The minimum absolute atomic E-state index is 0.331. The molecule has 2 aliphatic rings. The van der Waals surface area contributed by atoms with E-state index >= 15 is 0 Å². The molecule has 2 bridgehead atoms. The van der Waals surface area contributed by atoms with Crippen molar-refractivity contribution in [2.45, 2.75) is 38.1 Å². The number of likely N-dealkylation sites (N-methyl/N-ethyl adjacent to an activating group) is 1. The number of nitrogens with two attached hydrogens (primary N) is 1. The van der Waals surface area contributed by atoms with Gasteiger partial charge in [-0.15, -0.1) is 0 Å². The smallest absolute Gasteiger partial charge is 0.0334 e. The molecule has 0 heterocycles. The van der Waals surface area contributed by atoms with Gasteiger partial charge in [0, 0.05) is 12.1 Å². The number of hydrogen-bond donors (Lipinski definition) is 2. The van der Waals surface area contributed by atoms with E-state index < -0.39 is 0 Å². The fourth-order valence-corrected chi connectivity index (χ4v) is 3.33. The van der Waals surface area contributed by atoms with Crippen LogP contribution in [0.3, 0.4) is 0 Å². The van der Waals surface area contributed by atoms with Gasteiger partial charge in [-0.25, -0.2) is 0 Å². The Hall–Kier alpha value is -0.0800. The normalized spacial score (nSPS) is 45.5. The molecular formula is C10H20N2. The second kappa shape index (κ2) is 3.00. The molecule has 3 unspecified atom stereocenters. The molecule has 0 aromatic heterocycles. The predicted molar refractivity (Wildman–Crippen MR) is 50.9 cm³/mol. The van der Waals surface area contributed by atoms with Crippen LogP contribution < -0.4 is 11.1 Å². The van der Waals surface area contributed by atoms with Crippen LogP contribution in [0.15, 0.2) is 0 Å². The predicted octanol–water partition coefficient (Wildman–Crippen LogP) is 1.11. The monoisotopic (exact) mass is 168 g/mol. The molecular weight excluding hydrogens is 148 g/mol. The standard InChI is InChI=1S/C10H20N2/c1-2-12-10(7-11)6-8-3-4-9(10)5-8/h8-9,12H,2-7,11H2,1H3. The van der Waals surface area contributed by atoms with Gasteiger partial charge in [0.05, 0.1) is 0 Å². The summed E-state index contributed by atoms with van der Waals surface area (Å²) in [6.45, 7) is 4.09. The van der Waals surface area contributed by atoms with Gasteiger partial charge in [0.25, 0.3) is 0 Å². The fraction of sp³-hybridized carbons (Fsp3) is 1.00. The summed E-state index contributed by atoms with van der Waals surface area (Å²) in [5.74, 6) is 1.87. The van der Waals surface area contributed by atoms with Gasteiger partial charge in [-0.05, 0) is 37.6 Å². The van der Waals surface area contributed by atoms with Crippen molar-refractivity contribution in [3.63, 3.8) is 0 Å². The van der Waals surface area contributed by atoms with E-state index in [1.807, 2.05) is 0 Å². The van der Waals surface area contributed by atoms with Crippen molar-refractivity contribution in [1.82, 2.24) is 5.32 Å². The highest BCUT2D eigenvalue weighted by Crippen LogP contribution is 2.50. The van der Waals surface area contributed by atoms with E-state index in [2.05, 4.69) is 12.2 Å². The first kappa shape index (κ1) is 8.52. The summed E-state index contributed by atoms with van der Waals surface area (Å²) in [7, 11) is 0. The maximum absolute atomic E-state index is 5.88. The van der Waals surface area contributed by atoms with Crippen LogP contribution in [-0.4, -0.2) is 18.6 Å². The Labute approximate surface area is 74.9 Å². The lowest BCUT2D eigenvalue weighted by Crippen LogP contribution is -2.54. The van der Waals surface area contributed by atoms with E-state index in [1.165, 1.54) is 25.7 Å². The summed E-state index contributed by atoms with van der Waals surface area (Å²) in [5.41, 5.74) is 6.21. The molecule has 70 valence electrons. The van der Waals surface area contributed by atoms with Gasteiger partial charge in [0.2, 0.25) is 0 Å². The van der Waals surface area contributed by atoms with Crippen molar-refractivity contribution in [2.24, 2.45) is 17.6 Å². The van der Waals surface area contributed by atoms with Gasteiger partial charge in [0.15, 0.2) is 0 Å². The maximum atomic E-state index is 5.88. The van der Waals surface area contributed by atoms with Crippen LogP contribution in [0.25, 0.3) is 0 Å². The number of nitrogens with one attached hydrogen (secondary N) is 1. The van der Waals surface area contributed by atoms with Gasteiger partial charge in [-0.2, -0.15) is 0 Å². The summed E-state index contributed by atoms with van der Waals surface area (Å²) >= 11 is 0. The Bertz CT molecular complexity index is 169. The summed E-state index contributed by atoms with van der Waals surface area (Å²) in [5, 5.41) is 3.61. The zero-order valence-corrected chi connectivity index (χ0v) is 7.97. The summed E-state index contributed by atoms with van der Waals surface area (Å²) in [4.78, 5) is 0. The highest BCUT2D eigenvalue weighted by Gasteiger charge is 2.49. The van der Waals surface area contributed by atoms with Gasteiger partial charge >= 0.3 is 0 Å². The molecule has 0 spiro atoms. The zero-order chi connectivity index (χ0) is 8.60. The number of fused-ring (bicyclic) bond motifs is 2. The van der Waals surface area contributed by atoms with Gasteiger partial charge in [0.1, 0.15) is 0 Å². The number of rotatable bonds is 3. The third-order valence-electron chi connectivity index (χ3n) is 3.87. The van der Waals surface area contributed by atoms with Crippen LogP contribution in [0.4, 0.5) is 0 Å². The topological polar surface area (TPSA) is 38.0 Å². The molecule has 2 aliphatic carbocycles. The van der Waals surface area contributed by atoms with Crippen molar-refractivity contribution in [2.75, 3.05) is 13.1 Å². The second-order valence-corrected chi connectivity index (χ2v) is 4.47. The minimum atomic E-state index is 0.331. The Morgan fingerprint density at radius 1 is 1.50 bits per heavy atom. The highest BCUT2D eigenvalue weighted by atomic mass is 15.0. The molecule has 2 rings (SSSR count). The van der Waals surface area contributed by atoms with E-state index in [0.717, 1.165) is 24.9 Å². The number of hydrogen-bond acceptors (Lipinski definition) is 2. The summed E-state index contributed by atoms with van der Waals surface area (Å²) in [6.07, 6.45) is 5.64. The second-order valence-electron chi connectivity index (χ2n) is 4.47. The lowest BCUT2D eigenvalue weighted by atomic mass is 9.81. The highest BCUT2D eigenvalue weighted by molar-refractivity contribution is 5.06. The largest absolute Gasteiger partial charge is 0.329 e. The van der Waals surface area contributed by atoms with Crippen molar-refractivity contribution >= 4 is 0 Å². The van der Waals surface area contributed by atoms with E-state index in [-0.39, 0.29) is 0 Å². The van der Waals surface area contributed by atoms with Crippen LogP contribution in [-0.2, 0) is 0 Å². The third kappa shape index (κ3) is 1.09. The summed E-state index contributed by atoms with van der Waals surface area (Å²) in [6, 6.07) is 0. The van der Waals surface area contributed by atoms with E-state index in [0.29, 0.717) is 5.54 Å². The Balaban J connectivity index is 2.08. The zero-order valence-electron chi connectivity index (χ0n) is 7.97. The molecule has 2 nitrogen and oxygen atoms in total. The maximum Gasteiger partial charge on any atom is 0.0334 e. The molecule has 0 saturated heterocycles. The molecule has 12 heavy (non-hydrogen) atoms. The quantitative estimate of drug-likeness (QED) is 0.662. The molecule has 0 aromatic rings. The Morgan fingerprint density at radius 2 is 2.33 bits per heavy atom. The molecule has 0 amide bonds. The first-order chi connectivity index (χ1) is 5.80. The van der Waals surface area contributed by atoms with E-state index in [4.69, 9.17) is 5.73 Å². The van der Waals surface area contributed by atoms with Crippen molar-refractivity contribution in [3.05, 3.63) is 0 Å². The van der Waals surface area contributed by atoms with Gasteiger partial charge in [-0.3, -0.25) is 0 Å². The van der Waals surface area contributed by atoms with Crippen LogP contribution >= 0.6 is 0 Å². The minimum Gasteiger partial charge on any atom is -0.329 e. The van der Waals surface area contributed by atoms with E-state index in [9.17, 15) is 0 Å². The van der Waals surface area contributed by atoms with Crippen LogP contribution in [0.2, 0.25) is 0 Å². The van der Waals surface area contributed by atoms with Crippen molar-refractivity contribution in [1.29, 1.82) is 0 Å². The molecule has 3 atom stereocenters. The van der Waals surface area contributed by atoms with Gasteiger partial charge < -0.3 is 11.1 Å². The van der Waals surface area contributed by atoms with Crippen molar-refractivity contribution < 1.29 is 0 Å². The molecule has 0 aromatic carbocycles. The Kier molecular flexibility index (Phi) is 2.13. The lowest BCUT2D eigenvalue weighted by molar-refractivity contribution is 0.220. The van der Waals surface area contributed by atoms with Crippen LogP contribution in [0, 0.1) is 11.8 Å². The first-order valence-corrected chi connectivity index (χ1v) is 5.26. The van der Waals surface area contributed by atoms with Crippen LogP contribution in [0.5, 0.6) is 0 Å². The van der Waals surface area contributed by atoms with Gasteiger partial charge in [-0.1, -0.05) is 13.3 Å². The van der Waals surface area contributed by atoms with Crippen LogP contribution in [0.1, 0.15) is 32.6 Å². The molecule has 2 fully saturated rings. The average molecular weight is 168 g/mol. The fourth-order valence-electron chi connectivity index (χ4n) is 3.33. The molecule has 0 radical (unpaired) electrons. The Morgan fingerprint density at radius 3 is 2.75 bits per heavy atom. The molecule has 2 heteroatoms. The first-order valence-electron chi connectivity index (χ1n) is 5.26. The molecule has 2 saturated carbocycles. The van der Waals surface area contributed by atoms with Crippen molar-refractivity contribution in [3.8, 4) is 0 Å². The molecule has 0 aliphatic heterocycles. The lowest BCUT2D eigenvalue weighted by Gasteiger charge is -2.37. The summed E-state index contributed by atoms with van der Waals surface area (Å²) < 4.78 is 0. The SMILES string of the molecule is CCNC1(CN)CC2CCC1C2. The van der Waals surface area contributed by atoms with E-state index in [1.54, 1.807) is 0 Å². The average Bonchev–Trinajstić information content (AvgIpc) is 2.64. The third-order valence-corrected chi connectivity index (χ3v) is 3.87. The molecule has 3 N–H and O–H groups in total.